The van der Waals surface area contributed by atoms with Crippen LogP contribution in [0.4, 0.5) is 18.9 Å². The molecule has 0 unspecified atom stereocenters. The molecule has 0 aromatic carbocycles. The minimum Gasteiger partial charge on any atom is -0.477 e. The summed E-state index contributed by atoms with van der Waals surface area (Å²) in [6.45, 7) is 7.17. The molecule has 0 radical (unpaired) electrons. The number of alkyl halides is 3. The maximum absolute atomic E-state index is 13.5. The van der Waals surface area contributed by atoms with Gasteiger partial charge in [0.1, 0.15) is 12.1 Å². The van der Waals surface area contributed by atoms with E-state index in [9.17, 15) is 22.8 Å². The van der Waals surface area contributed by atoms with E-state index in [1.54, 1.807) is 46.0 Å². The number of carbonyl (C=O) groups excluding carboxylic acids is 2. The molecule has 2 aliphatic rings. The van der Waals surface area contributed by atoms with Gasteiger partial charge in [0.05, 0.1) is 53.6 Å². The summed E-state index contributed by atoms with van der Waals surface area (Å²) >= 11 is 0. The molecule has 3 aromatic rings. The Morgan fingerprint density at radius 3 is 2.73 bits per heavy atom. The maximum atomic E-state index is 13.5. The first kappa shape index (κ1) is 27.6. The van der Waals surface area contributed by atoms with E-state index in [1.165, 1.54) is 17.3 Å². The minimum atomic E-state index is -4.45. The molecule has 5 heterocycles. The Hall–Kier alpha value is -4.00. The predicted molar refractivity (Wildman–Crippen MR) is 138 cm³/mol. The minimum absolute atomic E-state index is 0.107. The van der Waals surface area contributed by atoms with Crippen molar-refractivity contribution in [1.82, 2.24) is 25.1 Å². The Labute approximate surface area is 228 Å². The Kier molecular flexibility index (Phi) is 7.02. The van der Waals surface area contributed by atoms with Gasteiger partial charge in [0.15, 0.2) is 0 Å². The molecule has 40 heavy (non-hydrogen) atoms. The van der Waals surface area contributed by atoms with Crippen LogP contribution in [-0.2, 0) is 16.8 Å². The van der Waals surface area contributed by atoms with Gasteiger partial charge >= 0.3 is 6.18 Å². The summed E-state index contributed by atoms with van der Waals surface area (Å²) in [6.07, 6.45) is 0.257. The van der Waals surface area contributed by atoms with Crippen molar-refractivity contribution in [3.63, 3.8) is 0 Å². The molecule has 1 fully saturated rings. The molecule has 0 bridgehead atoms. The third kappa shape index (κ3) is 5.12. The SMILES string of the molecule is CCOc1ncc(-c2cc(C)c3c(n2)C(C)(C)N(c2cnn(CC(F)(F)F)c2)C3=O)cc1C(=O)N[C@H]1CCOC1. The van der Waals surface area contributed by atoms with Crippen LogP contribution in [-0.4, -0.2) is 63.6 Å². The van der Waals surface area contributed by atoms with Gasteiger partial charge in [-0.05, 0) is 51.8 Å². The first-order valence-electron chi connectivity index (χ1n) is 12.9. The number of aromatic nitrogens is 4. The third-order valence-corrected chi connectivity index (χ3v) is 6.93. The van der Waals surface area contributed by atoms with Gasteiger partial charge < -0.3 is 14.8 Å². The Morgan fingerprint density at radius 2 is 2.05 bits per heavy atom. The number of nitrogens with zero attached hydrogens (tertiary/aromatic N) is 5. The molecule has 1 saturated heterocycles. The van der Waals surface area contributed by atoms with E-state index < -0.39 is 18.3 Å². The molecule has 5 rings (SSSR count). The molecule has 0 spiro atoms. The van der Waals surface area contributed by atoms with Gasteiger partial charge in [0.25, 0.3) is 11.8 Å². The topological polar surface area (TPSA) is 111 Å². The van der Waals surface area contributed by atoms with Crippen molar-refractivity contribution in [3.8, 4) is 17.1 Å². The lowest BCUT2D eigenvalue weighted by Crippen LogP contribution is -2.39. The fourth-order valence-corrected chi connectivity index (χ4v) is 5.10. The first-order chi connectivity index (χ1) is 18.9. The summed E-state index contributed by atoms with van der Waals surface area (Å²) in [7, 11) is 0. The van der Waals surface area contributed by atoms with E-state index in [0.29, 0.717) is 54.3 Å². The molecular formula is C27H29F3N6O4. The van der Waals surface area contributed by atoms with Crippen molar-refractivity contribution in [2.45, 2.75) is 58.4 Å². The van der Waals surface area contributed by atoms with Gasteiger partial charge in [-0.1, -0.05) is 0 Å². The molecule has 13 heteroatoms. The summed E-state index contributed by atoms with van der Waals surface area (Å²) < 4.78 is 50.4. The summed E-state index contributed by atoms with van der Waals surface area (Å²) in [4.78, 5) is 37.3. The number of rotatable bonds is 7. The number of fused-ring (bicyclic) bond motifs is 1. The van der Waals surface area contributed by atoms with Crippen molar-refractivity contribution in [2.24, 2.45) is 0 Å². The molecule has 0 saturated carbocycles. The highest BCUT2D eigenvalue weighted by Crippen LogP contribution is 2.43. The smallest absolute Gasteiger partial charge is 0.408 e. The summed E-state index contributed by atoms with van der Waals surface area (Å²) in [6, 6.07) is 3.28. The van der Waals surface area contributed by atoms with Crippen LogP contribution in [0, 0.1) is 6.92 Å². The monoisotopic (exact) mass is 558 g/mol. The zero-order valence-corrected chi connectivity index (χ0v) is 22.5. The molecule has 1 atom stereocenters. The van der Waals surface area contributed by atoms with E-state index in [1.807, 2.05) is 0 Å². The number of ether oxygens (including phenoxy) is 2. The average Bonchev–Trinajstić information content (AvgIpc) is 3.58. The van der Waals surface area contributed by atoms with E-state index in [4.69, 9.17) is 14.5 Å². The largest absolute Gasteiger partial charge is 0.477 e. The van der Waals surface area contributed by atoms with Gasteiger partial charge in [0.2, 0.25) is 5.88 Å². The third-order valence-electron chi connectivity index (χ3n) is 6.93. The van der Waals surface area contributed by atoms with E-state index >= 15 is 0 Å². The quantitative estimate of drug-likeness (QED) is 0.466. The van der Waals surface area contributed by atoms with Crippen LogP contribution in [0.1, 0.15) is 59.2 Å². The van der Waals surface area contributed by atoms with Gasteiger partial charge in [-0.15, -0.1) is 0 Å². The number of hydrogen-bond acceptors (Lipinski definition) is 7. The van der Waals surface area contributed by atoms with Crippen molar-refractivity contribution in [3.05, 3.63) is 53.1 Å². The van der Waals surface area contributed by atoms with Crippen LogP contribution in [0.25, 0.3) is 11.3 Å². The highest BCUT2D eigenvalue weighted by Gasteiger charge is 2.47. The van der Waals surface area contributed by atoms with E-state index in [0.717, 1.165) is 4.68 Å². The molecule has 2 amide bonds. The molecule has 1 N–H and O–H groups in total. The van der Waals surface area contributed by atoms with E-state index in [-0.39, 0.29) is 35.0 Å². The lowest BCUT2D eigenvalue weighted by Gasteiger charge is -2.30. The van der Waals surface area contributed by atoms with Gasteiger partial charge in [0, 0.05) is 24.6 Å². The van der Waals surface area contributed by atoms with Gasteiger partial charge in [-0.25, -0.2) is 9.97 Å². The molecule has 2 aliphatic heterocycles. The maximum Gasteiger partial charge on any atom is 0.408 e. The summed E-state index contributed by atoms with van der Waals surface area (Å²) in [5.74, 6) is -0.534. The van der Waals surface area contributed by atoms with Crippen LogP contribution in [0.2, 0.25) is 0 Å². The highest BCUT2D eigenvalue weighted by atomic mass is 19.4. The Bertz CT molecular complexity index is 1460. The lowest BCUT2D eigenvalue weighted by molar-refractivity contribution is -0.142. The number of carbonyl (C=O) groups is 2. The summed E-state index contributed by atoms with van der Waals surface area (Å²) in [5.41, 5.74) is 1.97. The summed E-state index contributed by atoms with van der Waals surface area (Å²) in [5, 5.41) is 6.75. The average molecular weight is 559 g/mol. The molecule has 3 aromatic heterocycles. The first-order valence-corrected chi connectivity index (χ1v) is 12.9. The zero-order chi connectivity index (χ0) is 28.8. The van der Waals surface area contributed by atoms with Crippen LogP contribution in [0.15, 0.2) is 30.7 Å². The second-order valence-electron chi connectivity index (χ2n) is 10.3. The Balaban J connectivity index is 1.51. The number of amides is 2. The van der Waals surface area contributed by atoms with Crippen molar-refractivity contribution in [1.29, 1.82) is 0 Å². The molecule has 0 aliphatic carbocycles. The van der Waals surface area contributed by atoms with Crippen LogP contribution >= 0.6 is 0 Å². The standard InChI is InChI=1S/C27H29F3N6O4/c1-5-40-24-19(23(37)33-17-6-7-39-13-17)9-16(10-31-24)20-8-15(2)21-22(34-20)26(3,4)36(25(21)38)18-11-32-35(12-18)14-27(28,29)30/h8-12,17H,5-7,13-14H2,1-4H3,(H,33,37)/t17-/m0/s1. The normalized spacial score (nSPS) is 18.2. The fourth-order valence-electron chi connectivity index (χ4n) is 5.10. The molecule has 212 valence electrons. The second kappa shape index (κ2) is 10.2. The van der Waals surface area contributed by atoms with Crippen LogP contribution in [0.5, 0.6) is 5.88 Å². The zero-order valence-electron chi connectivity index (χ0n) is 22.5. The van der Waals surface area contributed by atoms with Crippen molar-refractivity contribution in [2.75, 3.05) is 24.7 Å². The van der Waals surface area contributed by atoms with Crippen LogP contribution in [0.3, 0.4) is 0 Å². The number of anilines is 1. The molecular weight excluding hydrogens is 529 g/mol. The number of aryl methyl sites for hydroxylation is 1. The highest BCUT2D eigenvalue weighted by molar-refractivity contribution is 6.12. The van der Waals surface area contributed by atoms with Crippen molar-refractivity contribution >= 4 is 17.5 Å². The van der Waals surface area contributed by atoms with Gasteiger partial charge in [-0.3, -0.25) is 19.2 Å². The van der Waals surface area contributed by atoms with Crippen molar-refractivity contribution < 1.29 is 32.2 Å². The van der Waals surface area contributed by atoms with Gasteiger partial charge in [-0.2, -0.15) is 18.3 Å². The number of nitrogens with one attached hydrogen (secondary N) is 1. The Morgan fingerprint density at radius 1 is 1.27 bits per heavy atom. The fraction of sp³-hybridized carbons (Fsp3) is 0.444. The second-order valence-corrected chi connectivity index (χ2v) is 10.3. The number of halogens is 3. The molecule has 10 nitrogen and oxygen atoms in total. The number of pyridine rings is 2. The number of hydrogen-bond donors (Lipinski definition) is 1. The predicted octanol–water partition coefficient (Wildman–Crippen LogP) is 4.02. The van der Waals surface area contributed by atoms with Crippen LogP contribution < -0.4 is 15.0 Å². The van der Waals surface area contributed by atoms with E-state index in [2.05, 4.69) is 15.4 Å². The lowest BCUT2D eigenvalue weighted by atomic mass is 9.96.